The first kappa shape index (κ1) is 13.2. The lowest BCUT2D eigenvalue weighted by atomic mass is 10.0. The van der Waals surface area contributed by atoms with E-state index in [9.17, 15) is 0 Å². The Morgan fingerprint density at radius 2 is 1.95 bits per heavy atom. The van der Waals surface area contributed by atoms with Gasteiger partial charge in [0.1, 0.15) is 0 Å². The first-order valence-electron chi connectivity index (χ1n) is 7.68. The molecule has 1 fully saturated rings. The highest BCUT2D eigenvalue weighted by Crippen LogP contribution is 2.25. The number of aromatic nitrogens is 2. The van der Waals surface area contributed by atoms with Crippen LogP contribution in [0.3, 0.4) is 0 Å². The lowest BCUT2D eigenvalue weighted by molar-refractivity contribution is 0.502. The second-order valence-corrected chi connectivity index (χ2v) is 5.95. The number of nitrogens with zero attached hydrogens (tertiary/aromatic N) is 2. The van der Waals surface area contributed by atoms with Crippen LogP contribution in [0.15, 0.2) is 42.7 Å². The van der Waals surface area contributed by atoms with Gasteiger partial charge in [-0.05, 0) is 55.5 Å². The van der Waals surface area contributed by atoms with Gasteiger partial charge in [0.15, 0.2) is 0 Å². The fourth-order valence-electron chi connectivity index (χ4n) is 3.00. The third kappa shape index (κ3) is 3.21. The molecule has 1 aliphatic rings. The molecule has 1 aliphatic carbocycles. The topological polar surface area (TPSA) is 29.9 Å². The van der Waals surface area contributed by atoms with Gasteiger partial charge in [-0.3, -0.25) is 0 Å². The Kier molecular flexibility index (Phi) is 4.05. The van der Waals surface area contributed by atoms with Gasteiger partial charge in [0.25, 0.3) is 0 Å². The van der Waals surface area contributed by atoms with E-state index in [4.69, 9.17) is 0 Å². The van der Waals surface area contributed by atoms with Crippen LogP contribution in [-0.2, 0) is 0 Å². The molecule has 0 amide bonds. The minimum absolute atomic E-state index is 0.635. The lowest BCUT2D eigenvalue weighted by Crippen LogP contribution is -2.18. The molecule has 3 heteroatoms. The van der Waals surface area contributed by atoms with Crippen LogP contribution in [0, 0.1) is 5.92 Å². The molecule has 1 N–H and O–H groups in total. The SMILES string of the molecule is CC1CCCC(Nc2ccc(-n3cccn3)cc2)CC1. The summed E-state index contributed by atoms with van der Waals surface area (Å²) in [6.45, 7) is 2.38. The van der Waals surface area contributed by atoms with E-state index in [2.05, 4.69) is 41.6 Å². The van der Waals surface area contributed by atoms with Gasteiger partial charge in [-0.1, -0.05) is 19.8 Å². The molecule has 106 valence electrons. The first-order valence-corrected chi connectivity index (χ1v) is 7.68. The zero-order valence-electron chi connectivity index (χ0n) is 12.1. The molecule has 2 aromatic rings. The summed E-state index contributed by atoms with van der Waals surface area (Å²) in [5.41, 5.74) is 2.33. The van der Waals surface area contributed by atoms with E-state index in [0.29, 0.717) is 6.04 Å². The normalized spacial score (nSPS) is 23.2. The van der Waals surface area contributed by atoms with E-state index in [1.165, 1.54) is 37.8 Å². The summed E-state index contributed by atoms with van der Waals surface area (Å²) in [6.07, 6.45) is 10.4. The van der Waals surface area contributed by atoms with Gasteiger partial charge >= 0.3 is 0 Å². The third-order valence-corrected chi connectivity index (χ3v) is 4.26. The van der Waals surface area contributed by atoms with Crippen LogP contribution in [0.25, 0.3) is 5.69 Å². The average Bonchev–Trinajstić information content (AvgIpc) is 2.92. The van der Waals surface area contributed by atoms with Gasteiger partial charge in [-0.15, -0.1) is 0 Å². The van der Waals surface area contributed by atoms with E-state index < -0.39 is 0 Å². The van der Waals surface area contributed by atoms with Gasteiger partial charge in [0.2, 0.25) is 0 Å². The molecular formula is C17H23N3. The molecule has 0 bridgehead atoms. The second kappa shape index (κ2) is 6.12. The highest BCUT2D eigenvalue weighted by Gasteiger charge is 2.15. The molecule has 2 atom stereocenters. The Morgan fingerprint density at radius 1 is 1.10 bits per heavy atom. The molecule has 3 nitrogen and oxygen atoms in total. The van der Waals surface area contributed by atoms with Crippen LogP contribution in [0.5, 0.6) is 0 Å². The van der Waals surface area contributed by atoms with Crippen molar-refractivity contribution in [1.29, 1.82) is 0 Å². The first-order chi connectivity index (χ1) is 9.81. The quantitative estimate of drug-likeness (QED) is 0.844. The molecular weight excluding hydrogens is 246 g/mol. The van der Waals surface area contributed by atoms with Gasteiger partial charge < -0.3 is 5.32 Å². The molecule has 1 heterocycles. The minimum atomic E-state index is 0.635. The van der Waals surface area contributed by atoms with Gasteiger partial charge in [0, 0.05) is 24.1 Å². The molecule has 1 aromatic heterocycles. The highest BCUT2D eigenvalue weighted by atomic mass is 15.3. The lowest BCUT2D eigenvalue weighted by Gasteiger charge is -2.18. The maximum absolute atomic E-state index is 4.25. The fraction of sp³-hybridized carbons (Fsp3) is 0.471. The Balaban J connectivity index is 1.63. The molecule has 20 heavy (non-hydrogen) atoms. The summed E-state index contributed by atoms with van der Waals surface area (Å²) in [5, 5.41) is 7.93. The van der Waals surface area contributed by atoms with E-state index >= 15 is 0 Å². The molecule has 1 aromatic carbocycles. The van der Waals surface area contributed by atoms with Crippen molar-refractivity contribution < 1.29 is 0 Å². The van der Waals surface area contributed by atoms with Crippen molar-refractivity contribution in [2.45, 2.75) is 45.1 Å². The Bertz CT molecular complexity index is 516. The average molecular weight is 269 g/mol. The van der Waals surface area contributed by atoms with Crippen molar-refractivity contribution in [2.24, 2.45) is 5.92 Å². The van der Waals surface area contributed by atoms with Gasteiger partial charge in [0.05, 0.1) is 5.69 Å². The third-order valence-electron chi connectivity index (χ3n) is 4.26. The summed E-state index contributed by atoms with van der Waals surface area (Å²) >= 11 is 0. The number of benzene rings is 1. The van der Waals surface area contributed by atoms with Crippen molar-refractivity contribution in [3.8, 4) is 5.69 Å². The molecule has 1 saturated carbocycles. The largest absolute Gasteiger partial charge is 0.382 e. The molecule has 0 aliphatic heterocycles. The Labute approximate surface area is 121 Å². The second-order valence-electron chi connectivity index (χ2n) is 5.95. The van der Waals surface area contributed by atoms with Crippen molar-refractivity contribution >= 4 is 5.69 Å². The van der Waals surface area contributed by atoms with Gasteiger partial charge in [-0.25, -0.2) is 4.68 Å². The predicted octanol–water partition coefficient (Wildman–Crippen LogP) is 4.25. The number of anilines is 1. The number of hydrogen-bond acceptors (Lipinski definition) is 2. The van der Waals surface area contributed by atoms with Crippen LogP contribution in [0.1, 0.15) is 39.0 Å². The van der Waals surface area contributed by atoms with Crippen molar-refractivity contribution in [1.82, 2.24) is 9.78 Å². The van der Waals surface area contributed by atoms with E-state index in [0.717, 1.165) is 11.6 Å². The van der Waals surface area contributed by atoms with Crippen LogP contribution in [-0.4, -0.2) is 15.8 Å². The summed E-state index contributed by atoms with van der Waals surface area (Å²) in [5.74, 6) is 0.893. The molecule has 3 rings (SSSR count). The summed E-state index contributed by atoms with van der Waals surface area (Å²) in [7, 11) is 0. The molecule has 0 spiro atoms. The fourth-order valence-corrected chi connectivity index (χ4v) is 3.00. The molecule has 0 saturated heterocycles. The Hall–Kier alpha value is -1.77. The van der Waals surface area contributed by atoms with Crippen molar-refractivity contribution in [2.75, 3.05) is 5.32 Å². The van der Waals surface area contributed by atoms with Crippen LogP contribution in [0.4, 0.5) is 5.69 Å². The van der Waals surface area contributed by atoms with E-state index in [1.54, 1.807) is 6.20 Å². The standard InChI is InChI=1S/C17H23N3/c1-14-4-2-5-15(7-6-14)19-16-8-10-17(11-9-16)20-13-3-12-18-20/h3,8-15,19H,2,4-7H2,1H3. The predicted molar refractivity (Wildman–Crippen MR) is 83.2 cm³/mol. The maximum Gasteiger partial charge on any atom is 0.0647 e. The van der Waals surface area contributed by atoms with E-state index in [-0.39, 0.29) is 0 Å². The van der Waals surface area contributed by atoms with Crippen molar-refractivity contribution in [3.05, 3.63) is 42.7 Å². The van der Waals surface area contributed by atoms with Crippen LogP contribution in [0.2, 0.25) is 0 Å². The Morgan fingerprint density at radius 3 is 2.70 bits per heavy atom. The van der Waals surface area contributed by atoms with Crippen LogP contribution < -0.4 is 5.32 Å². The summed E-state index contributed by atoms with van der Waals surface area (Å²) < 4.78 is 1.89. The molecule has 0 radical (unpaired) electrons. The summed E-state index contributed by atoms with van der Waals surface area (Å²) in [4.78, 5) is 0. The number of hydrogen-bond donors (Lipinski definition) is 1. The number of nitrogens with one attached hydrogen (secondary N) is 1. The van der Waals surface area contributed by atoms with Gasteiger partial charge in [-0.2, -0.15) is 5.10 Å². The summed E-state index contributed by atoms with van der Waals surface area (Å²) in [6, 6.07) is 11.1. The van der Waals surface area contributed by atoms with Crippen LogP contribution >= 0.6 is 0 Å². The van der Waals surface area contributed by atoms with E-state index in [1.807, 2.05) is 16.9 Å². The zero-order chi connectivity index (χ0) is 13.8. The highest BCUT2D eigenvalue weighted by molar-refractivity contribution is 5.49. The maximum atomic E-state index is 4.25. The van der Waals surface area contributed by atoms with Crippen molar-refractivity contribution in [3.63, 3.8) is 0 Å². The smallest absolute Gasteiger partial charge is 0.0647 e. The zero-order valence-corrected chi connectivity index (χ0v) is 12.1. The molecule has 2 unspecified atom stereocenters. The monoisotopic (exact) mass is 269 g/mol. The minimum Gasteiger partial charge on any atom is -0.382 e. The number of rotatable bonds is 3.